The number of phenols is 1. The summed E-state index contributed by atoms with van der Waals surface area (Å²) in [6.45, 7) is 0.313. The largest absolute Gasteiger partial charge is 0.505 e. The lowest BCUT2D eigenvalue weighted by atomic mass is 10.1. The average molecular weight is 232 g/mol. The molecule has 6 heteroatoms. The highest BCUT2D eigenvalue weighted by molar-refractivity contribution is 5.98. The van der Waals surface area contributed by atoms with Gasteiger partial charge in [0.1, 0.15) is 0 Å². The van der Waals surface area contributed by atoms with E-state index in [1.165, 1.54) is 12.1 Å². The topological polar surface area (TPSA) is 104 Å². The maximum atomic E-state index is 11.8. The number of nitrogens with two attached hydrogens (primary N) is 1. The lowest BCUT2D eigenvalue weighted by molar-refractivity contribution is 0.0948. The number of carbonyl (C=O) groups excluding carboxylic acids is 1. The van der Waals surface area contributed by atoms with Gasteiger partial charge in [-0.2, -0.15) is 5.10 Å². The molecule has 1 amide bonds. The molecular formula is C11H12N4O2. The summed E-state index contributed by atoms with van der Waals surface area (Å²) in [4.78, 5) is 11.8. The number of phenolic OH excluding ortho intramolecular Hbond substituents is 1. The van der Waals surface area contributed by atoms with Crippen molar-refractivity contribution in [2.75, 3.05) is 5.73 Å². The number of nitrogens with one attached hydrogen (secondary N) is 2. The second-order valence-electron chi connectivity index (χ2n) is 3.51. The molecule has 5 N–H and O–H groups in total. The van der Waals surface area contributed by atoms with Crippen molar-refractivity contribution in [3.8, 4) is 5.75 Å². The highest BCUT2D eigenvalue weighted by Crippen LogP contribution is 2.24. The number of rotatable bonds is 3. The summed E-state index contributed by atoms with van der Waals surface area (Å²) in [7, 11) is 0. The summed E-state index contributed by atoms with van der Waals surface area (Å²) in [6.07, 6.45) is 1.60. The van der Waals surface area contributed by atoms with Crippen molar-refractivity contribution >= 4 is 11.6 Å². The van der Waals surface area contributed by atoms with E-state index in [9.17, 15) is 9.90 Å². The minimum atomic E-state index is -0.385. The zero-order chi connectivity index (χ0) is 12.3. The van der Waals surface area contributed by atoms with Crippen LogP contribution in [0.5, 0.6) is 5.75 Å². The van der Waals surface area contributed by atoms with Crippen LogP contribution in [0.1, 0.15) is 16.1 Å². The summed E-state index contributed by atoms with van der Waals surface area (Å²) in [5.41, 5.74) is 6.62. The molecular weight excluding hydrogens is 220 g/mol. The zero-order valence-corrected chi connectivity index (χ0v) is 8.97. The predicted octanol–water partition coefficient (Wildman–Crippen LogP) is 0.627. The fourth-order valence-corrected chi connectivity index (χ4v) is 1.40. The van der Waals surface area contributed by atoms with Crippen LogP contribution in [0.25, 0.3) is 0 Å². The Bertz CT molecular complexity index is 522. The van der Waals surface area contributed by atoms with Gasteiger partial charge in [-0.3, -0.25) is 9.89 Å². The summed E-state index contributed by atoms with van der Waals surface area (Å²) < 4.78 is 0. The first kappa shape index (κ1) is 11.0. The molecule has 0 spiro atoms. The van der Waals surface area contributed by atoms with Gasteiger partial charge < -0.3 is 16.2 Å². The van der Waals surface area contributed by atoms with E-state index in [4.69, 9.17) is 5.73 Å². The number of aromatic hydroxyl groups is 1. The molecule has 0 aliphatic heterocycles. The summed E-state index contributed by atoms with van der Waals surface area (Å²) >= 11 is 0. The fourth-order valence-electron chi connectivity index (χ4n) is 1.40. The average Bonchev–Trinajstić information content (AvgIpc) is 2.82. The van der Waals surface area contributed by atoms with Crippen molar-refractivity contribution in [1.82, 2.24) is 15.5 Å². The van der Waals surface area contributed by atoms with E-state index in [1.807, 2.05) is 0 Å². The first-order valence-electron chi connectivity index (χ1n) is 5.02. The fraction of sp³-hybridized carbons (Fsp3) is 0.0909. The number of hydrogen-bond acceptors (Lipinski definition) is 4. The van der Waals surface area contributed by atoms with Crippen molar-refractivity contribution < 1.29 is 9.90 Å². The number of anilines is 1. The van der Waals surface area contributed by atoms with Crippen molar-refractivity contribution in [3.05, 3.63) is 41.7 Å². The minimum absolute atomic E-state index is 0.157. The number of carbonyl (C=O) groups is 1. The maximum absolute atomic E-state index is 11.8. The van der Waals surface area contributed by atoms with Gasteiger partial charge in [0.15, 0.2) is 5.75 Å². The number of aromatic amines is 1. The van der Waals surface area contributed by atoms with Crippen LogP contribution in [-0.4, -0.2) is 21.2 Å². The summed E-state index contributed by atoms with van der Waals surface area (Å²) in [5.74, 6) is -0.584. The van der Waals surface area contributed by atoms with Crippen LogP contribution in [0.3, 0.4) is 0 Å². The third kappa shape index (κ3) is 2.36. The molecule has 0 saturated carbocycles. The molecule has 0 aliphatic rings. The Morgan fingerprint density at radius 1 is 1.47 bits per heavy atom. The van der Waals surface area contributed by atoms with Gasteiger partial charge in [0.25, 0.3) is 5.91 Å². The molecule has 1 aromatic carbocycles. The van der Waals surface area contributed by atoms with Crippen LogP contribution in [-0.2, 0) is 6.54 Å². The van der Waals surface area contributed by atoms with Crippen molar-refractivity contribution in [2.24, 2.45) is 0 Å². The Kier molecular flexibility index (Phi) is 2.95. The lowest BCUT2D eigenvalue weighted by Gasteiger charge is -2.07. The van der Waals surface area contributed by atoms with Gasteiger partial charge in [-0.25, -0.2) is 0 Å². The first-order chi connectivity index (χ1) is 8.18. The minimum Gasteiger partial charge on any atom is -0.505 e. The molecule has 2 rings (SSSR count). The van der Waals surface area contributed by atoms with E-state index in [-0.39, 0.29) is 22.9 Å². The van der Waals surface area contributed by atoms with E-state index in [1.54, 1.807) is 18.3 Å². The van der Waals surface area contributed by atoms with Crippen molar-refractivity contribution in [3.63, 3.8) is 0 Å². The van der Waals surface area contributed by atoms with E-state index in [0.29, 0.717) is 6.54 Å². The van der Waals surface area contributed by atoms with E-state index in [2.05, 4.69) is 15.5 Å². The molecule has 0 fully saturated rings. The Balaban J connectivity index is 2.07. The number of hydrogen-bond donors (Lipinski definition) is 4. The van der Waals surface area contributed by atoms with E-state index >= 15 is 0 Å². The van der Waals surface area contributed by atoms with Gasteiger partial charge in [0.2, 0.25) is 0 Å². The van der Waals surface area contributed by atoms with Crippen molar-refractivity contribution in [2.45, 2.75) is 6.54 Å². The predicted molar refractivity (Wildman–Crippen MR) is 62.3 cm³/mol. The van der Waals surface area contributed by atoms with Gasteiger partial charge in [-0.05, 0) is 18.2 Å². The molecule has 2 aromatic rings. The summed E-state index contributed by atoms with van der Waals surface area (Å²) in [5, 5.41) is 18.7. The molecule has 1 aromatic heterocycles. The Hall–Kier alpha value is -2.50. The monoisotopic (exact) mass is 232 g/mol. The van der Waals surface area contributed by atoms with Gasteiger partial charge in [-0.1, -0.05) is 6.07 Å². The highest BCUT2D eigenvalue weighted by atomic mass is 16.3. The van der Waals surface area contributed by atoms with Crippen LogP contribution in [0.15, 0.2) is 30.5 Å². The molecule has 0 saturated heterocycles. The SMILES string of the molecule is Nc1cccc(C(=O)NCc2ccn[nH]2)c1O. The molecule has 88 valence electrons. The standard InChI is InChI=1S/C11H12N4O2/c12-9-3-1-2-8(10(9)16)11(17)13-6-7-4-5-14-15-7/h1-5,16H,6,12H2,(H,13,17)(H,14,15). The third-order valence-electron chi connectivity index (χ3n) is 2.31. The van der Waals surface area contributed by atoms with Crippen LogP contribution in [0.4, 0.5) is 5.69 Å². The van der Waals surface area contributed by atoms with Crippen LogP contribution in [0.2, 0.25) is 0 Å². The molecule has 17 heavy (non-hydrogen) atoms. The first-order valence-corrected chi connectivity index (χ1v) is 5.02. The van der Waals surface area contributed by atoms with Gasteiger partial charge in [0, 0.05) is 6.20 Å². The van der Waals surface area contributed by atoms with Gasteiger partial charge >= 0.3 is 0 Å². The van der Waals surface area contributed by atoms with Crippen molar-refractivity contribution in [1.29, 1.82) is 0 Å². The number of nitrogens with zero attached hydrogens (tertiary/aromatic N) is 1. The quantitative estimate of drug-likeness (QED) is 0.460. The number of para-hydroxylation sites is 1. The van der Waals surface area contributed by atoms with Gasteiger partial charge in [0.05, 0.1) is 23.5 Å². The number of H-pyrrole nitrogens is 1. The Labute approximate surface area is 97.5 Å². The van der Waals surface area contributed by atoms with Crippen LogP contribution >= 0.6 is 0 Å². The Morgan fingerprint density at radius 3 is 3.00 bits per heavy atom. The molecule has 1 heterocycles. The Morgan fingerprint density at radius 2 is 2.29 bits per heavy atom. The number of nitrogen functional groups attached to an aromatic ring is 1. The van der Waals surface area contributed by atoms with Crippen LogP contribution < -0.4 is 11.1 Å². The molecule has 0 radical (unpaired) electrons. The molecule has 0 atom stereocenters. The molecule has 0 unspecified atom stereocenters. The summed E-state index contributed by atoms with van der Waals surface area (Å²) in [6, 6.07) is 6.40. The second kappa shape index (κ2) is 4.56. The second-order valence-corrected chi connectivity index (χ2v) is 3.51. The number of aromatic nitrogens is 2. The van der Waals surface area contributed by atoms with Crippen LogP contribution in [0, 0.1) is 0 Å². The lowest BCUT2D eigenvalue weighted by Crippen LogP contribution is -2.23. The normalized spacial score (nSPS) is 10.1. The molecule has 6 nitrogen and oxygen atoms in total. The third-order valence-corrected chi connectivity index (χ3v) is 2.31. The smallest absolute Gasteiger partial charge is 0.255 e. The number of benzene rings is 1. The molecule has 0 bridgehead atoms. The zero-order valence-electron chi connectivity index (χ0n) is 8.97. The maximum Gasteiger partial charge on any atom is 0.255 e. The van der Waals surface area contributed by atoms with E-state index in [0.717, 1.165) is 5.69 Å². The highest BCUT2D eigenvalue weighted by Gasteiger charge is 2.12. The van der Waals surface area contributed by atoms with E-state index < -0.39 is 0 Å². The van der Waals surface area contributed by atoms with Gasteiger partial charge in [-0.15, -0.1) is 0 Å². The molecule has 0 aliphatic carbocycles. The number of amides is 1.